The molecule has 2 unspecified atom stereocenters. The minimum Gasteiger partial charge on any atom is -0.314 e. The first-order chi connectivity index (χ1) is 6.74. The van der Waals surface area contributed by atoms with Crippen molar-refractivity contribution in [2.45, 2.75) is 52.0 Å². The molecule has 1 nitrogen and oxygen atoms in total. The molecule has 2 aliphatic carbocycles. The molecule has 2 aliphatic rings. The summed E-state index contributed by atoms with van der Waals surface area (Å²) in [5.41, 5.74) is 1.60. The Morgan fingerprint density at radius 2 is 2.21 bits per heavy atom. The van der Waals surface area contributed by atoms with Gasteiger partial charge in [-0.2, -0.15) is 0 Å². The van der Waals surface area contributed by atoms with Crippen molar-refractivity contribution in [3.63, 3.8) is 0 Å². The third-order valence-corrected chi connectivity index (χ3v) is 3.69. The van der Waals surface area contributed by atoms with Crippen LogP contribution in [0.15, 0.2) is 11.6 Å². The van der Waals surface area contributed by atoms with Gasteiger partial charge in [0.25, 0.3) is 0 Å². The van der Waals surface area contributed by atoms with E-state index in [9.17, 15) is 0 Å². The van der Waals surface area contributed by atoms with Crippen molar-refractivity contribution in [2.24, 2.45) is 11.8 Å². The van der Waals surface area contributed by atoms with E-state index in [1.807, 2.05) is 0 Å². The van der Waals surface area contributed by atoms with Crippen LogP contribution in [-0.2, 0) is 0 Å². The minimum absolute atomic E-state index is 0.803. The SMILES string of the molecule is CC1=CC(C)CC(CNC2CCC2)C1. The molecular formula is C13H23N. The Hall–Kier alpha value is -0.300. The predicted molar refractivity (Wildman–Crippen MR) is 61.3 cm³/mol. The number of hydrogen-bond donors (Lipinski definition) is 1. The number of rotatable bonds is 3. The fourth-order valence-electron chi connectivity index (χ4n) is 2.79. The Balaban J connectivity index is 1.72. The summed E-state index contributed by atoms with van der Waals surface area (Å²) in [5, 5.41) is 3.70. The Morgan fingerprint density at radius 1 is 1.43 bits per heavy atom. The minimum atomic E-state index is 0.803. The summed E-state index contributed by atoms with van der Waals surface area (Å²) in [4.78, 5) is 0. The quantitative estimate of drug-likeness (QED) is 0.679. The standard InChI is InChI=1S/C13H23N/c1-10-6-11(2)8-12(7-10)9-14-13-4-3-5-13/h6,10,12-14H,3-5,7-9H2,1-2H3. The largest absolute Gasteiger partial charge is 0.314 e. The number of nitrogens with one attached hydrogen (secondary N) is 1. The van der Waals surface area contributed by atoms with Gasteiger partial charge in [0.05, 0.1) is 0 Å². The fourth-order valence-corrected chi connectivity index (χ4v) is 2.79. The van der Waals surface area contributed by atoms with Gasteiger partial charge in [0.2, 0.25) is 0 Å². The molecule has 0 spiro atoms. The van der Waals surface area contributed by atoms with Gasteiger partial charge in [0.15, 0.2) is 0 Å². The molecule has 0 saturated heterocycles. The summed E-state index contributed by atoms with van der Waals surface area (Å²) in [6.45, 7) is 5.88. The lowest BCUT2D eigenvalue weighted by atomic mass is 9.83. The lowest BCUT2D eigenvalue weighted by Gasteiger charge is -2.31. The third kappa shape index (κ3) is 2.60. The van der Waals surface area contributed by atoms with E-state index in [1.165, 1.54) is 38.6 Å². The molecule has 1 saturated carbocycles. The van der Waals surface area contributed by atoms with Gasteiger partial charge in [-0.25, -0.2) is 0 Å². The maximum absolute atomic E-state index is 3.70. The first-order valence-electron chi connectivity index (χ1n) is 6.14. The van der Waals surface area contributed by atoms with E-state index < -0.39 is 0 Å². The Bertz CT molecular complexity index is 215. The average molecular weight is 193 g/mol. The van der Waals surface area contributed by atoms with Crippen LogP contribution < -0.4 is 5.32 Å². The molecule has 80 valence electrons. The third-order valence-electron chi connectivity index (χ3n) is 3.69. The smallest absolute Gasteiger partial charge is 0.00672 e. The zero-order valence-electron chi connectivity index (χ0n) is 9.55. The van der Waals surface area contributed by atoms with Gasteiger partial charge < -0.3 is 5.32 Å². The van der Waals surface area contributed by atoms with Gasteiger partial charge in [-0.3, -0.25) is 0 Å². The first-order valence-corrected chi connectivity index (χ1v) is 6.14. The summed E-state index contributed by atoms with van der Waals surface area (Å²) < 4.78 is 0. The average Bonchev–Trinajstić information content (AvgIpc) is 1.99. The lowest BCUT2D eigenvalue weighted by Crippen LogP contribution is -2.38. The van der Waals surface area contributed by atoms with Gasteiger partial charge in [-0.05, 0) is 51.0 Å². The van der Waals surface area contributed by atoms with Crippen molar-refractivity contribution in [1.82, 2.24) is 5.32 Å². The highest BCUT2D eigenvalue weighted by Crippen LogP contribution is 2.28. The molecule has 0 amide bonds. The molecule has 14 heavy (non-hydrogen) atoms. The van der Waals surface area contributed by atoms with Crippen LogP contribution in [-0.4, -0.2) is 12.6 Å². The van der Waals surface area contributed by atoms with E-state index in [0.717, 1.165) is 17.9 Å². The normalized spacial score (nSPS) is 33.7. The lowest BCUT2D eigenvalue weighted by molar-refractivity contribution is 0.296. The molecule has 0 aliphatic heterocycles. The molecule has 0 aromatic carbocycles. The molecule has 0 heterocycles. The Morgan fingerprint density at radius 3 is 2.79 bits per heavy atom. The van der Waals surface area contributed by atoms with Gasteiger partial charge >= 0.3 is 0 Å². The highest BCUT2D eigenvalue weighted by Gasteiger charge is 2.21. The van der Waals surface area contributed by atoms with Crippen molar-refractivity contribution in [2.75, 3.05) is 6.54 Å². The number of allylic oxidation sites excluding steroid dienone is 2. The van der Waals surface area contributed by atoms with E-state index >= 15 is 0 Å². The molecule has 0 aromatic rings. The second kappa shape index (κ2) is 4.48. The molecule has 0 bridgehead atoms. The predicted octanol–water partition coefficient (Wildman–Crippen LogP) is 3.12. The zero-order chi connectivity index (χ0) is 9.97. The van der Waals surface area contributed by atoms with E-state index in [4.69, 9.17) is 0 Å². The molecule has 2 atom stereocenters. The van der Waals surface area contributed by atoms with E-state index in [1.54, 1.807) is 5.57 Å². The van der Waals surface area contributed by atoms with Crippen LogP contribution in [0.25, 0.3) is 0 Å². The van der Waals surface area contributed by atoms with Gasteiger partial charge in [0.1, 0.15) is 0 Å². The fraction of sp³-hybridized carbons (Fsp3) is 0.846. The maximum atomic E-state index is 3.70. The maximum Gasteiger partial charge on any atom is 0.00672 e. The molecule has 2 rings (SSSR count). The van der Waals surface area contributed by atoms with Crippen molar-refractivity contribution >= 4 is 0 Å². The van der Waals surface area contributed by atoms with E-state index in [-0.39, 0.29) is 0 Å². The summed E-state index contributed by atoms with van der Waals surface area (Å²) in [6.07, 6.45) is 9.42. The van der Waals surface area contributed by atoms with Crippen molar-refractivity contribution in [1.29, 1.82) is 0 Å². The molecular weight excluding hydrogens is 170 g/mol. The van der Waals surface area contributed by atoms with Gasteiger partial charge in [-0.1, -0.05) is 25.0 Å². The highest BCUT2D eigenvalue weighted by atomic mass is 14.9. The van der Waals surface area contributed by atoms with Crippen LogP contribution >= 0.6 is 0 Å². The van der Waals surface area contributed by atoms with Crippen molar-refractivity contribution < 1.29 is 0 Å². The van der Waals surface area contributed by atoms with Crippen molar-refractivity contribution in [3.05, 3.63) is 11.6 Å². The van der Waals surface area contributed by atoms with Crippen LogP contribution in [0, 0.1) is 11.8 Å². The summed E-state index contributed by atoms with van der Waals surface area (Å²) in [6, 6.07) is 0.858. The second-order valence-electron chi connectivity index (χ2n) is 5.33. The van der Waals surface area contributed by atoms with Gasteiger partial charge in [0, 0.05) is 6.04 Å². The second-order valence-corrected chi connectivity index (χ2v) is 5.33. The van der Waals surface area contributed by atoms with Crippen LogP contribution in [0.1, 0.15) is 46.0 Å². The molecule has 0 radical (unpaired) electrons. The molecule has 1 fully saturated rings. The highest BCUT2D eigenvalue weighted by molar-refractivity contribution is 5.06. The van der Waals surface area contributed by atoms with Gasteiger partial charge in [-0.15, -0.1) is 0 Å². The van der Waals surface area contributed by atoms with Crippen LogP contribution in [0.5, 0.6) is 0 Å². The van der Waals surface area contributed by atoms with E-state index in [2.05, 4.69) is 25.2 Å². The zero-order valence-corrected chi connectivity index (χ0v) is 9.55. The molecule has 0 aromatic heterocycles. The monoisotopic (exact) mass is 193 g/mol. The first kappa shape index (κ1) is 10.2. The Labute approximate surface area is 88.0 Å². The van der Waals surface area contributed by atoms with E-state index in [0.29, 0.717) is 0 Å². The summed E-state index contributed by atoms with van der Waals surface area (Å²) >= 11 is 0. The topological polar surface area (TPSA) is 12.0 Å². The summed E-state index contributed by atoms with van der Waals surface area (Å²) in [7, 11) is 0. The van der Waals surface area contributed by atoms with Crippen molar-refractivity contribution in [3.8, 4) is 0 Å². The Kier molecular flexibility index (Phi) is 3.27. The van der Waals surface area contributed by atoms with Crippen LogP contribution in [0.3, 0.4) is 0 Å². The number of hydrogen-bond acceptors (Lipinski definition) is 1. The molecule has 1 heteroatoms. The van der Waals surface area contributed by atoms with Crippen LogP contribution in [0.2, 0.25) is 0 Å². The summed E-state index contributed by atoms with van der Waals surface area (Å²) in [5.74, 6) is 1.70. The van der Waals surface area contributed by atoms with Crippen LogP contribution in [0.4, 0.5) is 0 Å². The molecule has 1 N–H and O–H groups in total.